The molecule has 0 amide bonds. The van der Waals surface area contributed by atoms with Gasteiger partial charge in [-0.1, -0.05) is 37.6 Å². The highest BCUT2D eigenvalue weighted by molar-refractivity contribution is 5.58. The molecule has 0 spiro atoms. The largest absolute Gasteiger partial charge is 0.449 e. The summed E-state index contributed by atoms with van der Waals surface area (Å²) in [5.41, 5.74) is 3.25. The van der Waals surface area contributed by atoms with Crippen molar-refractivity contribution < 1.29 is 4.42 Å². The van der Waals surface area contributed by atoms with E-state index in [0.717, 1.165) is 11.3 Å². The molecule has 0 radical (unpaired) electrons. The first-order chi connectivity index (χ1) is 7.25. The van der Waals surface area contributed by atoms with Gasteiger partial charge in [-0.15, -0.1) is 0 Å². The van der Waals surface area contributed by atoms with Crippen molar-refractivity contribution in [1.29, 1.82) is 0 Å². The summed E-state index contributed by atoms with van der Waals surface area (Å²) in [6.07, 6.45) is 1.68. The highest BCUT2D eigenvalue weighted by Gasteiger charge is 2.01. The smallest absolute Gasteiger partial charge is 0.191 e. The third-order valence-corrected chi connectivity index (χ3v) is 1.93. The maximum absolute atomic E-state index is 5.15. The van der Waals surface area contributed by atoms with Crippen molar-refractivity contribution in [3.05, 3.63) is 42.0 Å². The summed E-state index contributed by atoms with van der Waals surface area (Å²) in [4.78, 5) is 4.26. The molecule has 0 saturated heterocycles. The maximum Gasteiger partial charge on any atom is 0.191 e. The van der Waals surface area contributed by atoms with Crippen LogP contribution in [0.5, 0.6) is 0 Å². The Morgan fingerprint density at radius 2 is 1.87 bits per heavy atom. The van der Waals surface area contributed by atoms with Gasteiger partial charge in [-0.2, -0.15) is 0 Å². The van der Waals surface area contributed by atoms with E-state index in [1.54, 1.807) is 6.26 Å². The van der Waals surface area contributed by atoms with Crippen molar-refractivity contribution >= 4 is 0 Å². The molecule has 80 valence electrons. The van der Waals surface area contributed by atoms with Crippen molar-refractivity contribution in [3.63, 3.8) is 0 Å². The van der Waals surface area contributed by atoms with Gasteiger partial charge in [0.25, 0.3) is 0 Å². The number of nitrogens with zero attached hydrogens (tertiary/aromatic N) is 1. The molecule has 15 heavy (non-hydrogen) atoms. The lowest BCUT2D eigenvalue weighted by atomic mass is 10.1. The lowest BCUT2D eigenvalue weighted by Crippen LogP contribution is -1.79. The predicted molar refractivity (Wildman–Crippen MR) is 62.8 cm³/mol. The second-order valence-corrected chi connectivity index (χ2v) is 3.12. The van der Waals surface area contributed by atoms with Gasteiger partial charge < -0.3 is 4.42 Å². The Hall–Kier alpha value is -1.57. The second-order valence-electron chi connectivity index (χ2n) is 3.12. The van der Waals surface area contributed by atoms with Crippen molar-refractivity contribution in [2.24, 2.45) is 0 Å². The molecule has 1 aromatic heterocycles. The second kappa shape index (κ2) is 5.35. The van der Waals surface area contributed by atoms with Gasteiger partial charge in [0.2, 0.25) is 0 Å². The minimum atomic E-state index is 0.705. The van der Waals surface area contributed by atoms with E-state index < -0.39 is 0 Å². The van der Waals surface area contributed by atoms with Crippen molar-refractivity contribution in [2.75, 3.05) is 0 Å². The van der Waals surface area contributed by atoms with Crippen LogP contribution >= 0.6 is 0 Å². The molecule has 0 saturated carbocycles. The highest BCUT2D eigenvalue weighted by Crippen LogP contribution is 2.18. The van der Waals surface area contributed by atoms with Crippen LogP contribution in [0.3, 0.4) is 0 Å². The zero-order valence-electron chi connectivity index (χ0n) is 9.74. The normalized spacial score (nSPS) is 9.33. The van der Waals surface area contributed by atoms with E-state index in [9.17, 15) is 0 Å². The van der Waals surface area contributed by atoms with Crippen LogP contribution in [0.1, 0.15) is 25.3 Å². The van der Waals surface area contributed by atoms with E-state index in [1.807, 2.05) is 32.9 Å². The van der Waals surface area contributed by atoms with Gasteiger partial charge in [-0.3, -0.25) is 0 Å². The van der Waals surface area contributed by atoms with Crippen molar-refractivity contribution in [2.45, 2.75) is 27.7 Å². The Morgan fingerprint density at radius 1 is 1.13 bits per heavy atom. The van der Waals surface area contributed by atoms with Gasteiger partial charge in [-0.25, -0.2) is 4.98 Å². The predicted octanol–water partition coefficient (Wildman–Crippen LogP) is 3.98. The number of rotatable bonds is 1. The monoisotopic (exact) mass is 203 g/mol. The fraction of sp³-hybridized carbons (Fsp3) is 0.308. The Balaban J connectivity index is 0.000000531. The first-order valence-electron chi connectivity index (χ1n) is 5.25. The van der Waals surface area contributed by atoms with Crippen LogP contribution < -0.4 is 0 Å². The van der Waals surface area contributed by atoms with Crippen LogP contribution in [0.4, 0.5) is 0 Å². The SMILES string of the molecule is CC.Cc1cccc(-c2coc(C)n2)c1. The molecule has 0 aliphatic rings. The quantitative estimate of drug-likeness (QED) is 0.700. The Bertz CT molecular complexity index is 418. The number of hydrogen-bond donors (Lipinski definition) is 0. The number of aromatic nitrogens is 1. The first kappa shape index (κ1) is 11.5. The zero-order valence-corrected chi connectivity index (χ0v) is 9.74. The maximum atomic E-state index is 5.15. The summed E-state index contributed by atoms with van der Waals surface area (Å²) in [6.45, 7) is 7.91. The number of hydrogen-bond acceptors (Lipinski definition) is 2. The average molecular weight is 203 g/mol. The van der Waals surface area contributed by atoms with Gasteiger partial charge in [0.05, 0.1) is 0 Å². The van der Waals surface area contributed by atoms with E-state index >= 15 is 0 Å². The third kappa shape index (κ3) is 2.94. The molecular formula is C13H17NO. The van der Waals surface area contributed by atoms with Gasteiger partial charge in [0.1, 0.15) is 12.0 Å². The van der Waals surface area contributed by atoms with Crippen LogP contribution in [-0.2, 0) is 0 Å². The molecule has 1 aromatic carbocycles. The lowest BCUT2D eigenvalue weighted by Gasteiger charge is -1.96. The summed E-state index contributed by atoms with van der Waals surface area (Å²) in [7, 11) is 0. The fourth-order valence-corrected chi connectivity index (χ4v) is 1.30. The van der Waals surface area contributed by atoms with E-state index in [1.165, 1.54) is 5.56 Å². The fourth-order valence-electron chi connectivity index (χ4n) is 1.30. The third-order valence-electron chi connectivity index (χ3n) is 1.93. The zero-order chi connectivity index (χ0) is 11.3. The lowest BCUT2D eigenvalue weighted by molar-refractivity contribution is 0.521. The molecule has 1 heterocycles. The molecule has 0 unspecified atom stereocenters. The molecule has 0 atom stereocenters. The Morgan fingerprint density at radius 3 is 2.40 bits per heavy atom. The topological polar surface area (TPSA) is 26.0 Å². The average Bonchev–Trinajstić information content (AvgIpc) is 2.68. The molecule has 0 N–H and O–H groups in total. The van der Waals surface area contributed by atoms with Gasteiger partial charge in [-0.05, 0) is 13.0 Å². The van der Waals surface area contributed by atoms with Gasteiger partial charge >= 0.3 is 0 Å². The van der Waals surface area contributed by atoms with Crippen molar-refractivity contribution in [1.82, 2.24) is 4.98 Å². The summed E-state index contributed by atoms with van der Waals surface area (Å²) < 4.78 is 5.15. The highest BCUT2D eigenvalue weighted by atomic mass is 16.3. The molecule has 2 rings (SSSR count). The number of aryl methyl sites for hydroxylation is 2. The molecular weight excluding hydrogens is 186 g/mol. The van der Waals surface area contributed by atoms with E-state index in [-0.39, 0.29) is 0 Å². The molecule has 2 aromatic rings. The molecule has 2 heteroatoms. The van der Waals surface area contributed by atoms with E-state index in [0.29, 0.717) is 5.89 Å². The van der Waals surface area contributed by atoms with Crippen LogP contribution in [0, 0.1) is 13.8 Å². The Labute approximate surface area is 91.0 Å². The molecule has 0 fully saturated rings. The number of benzene rings is 1. The van der Waals surface area contributed by atoms with Crippen LogP contribution in [-0.4, -0.2) is 4.98 Å². The summed E-state index contributed by atoms with van der Waals surface area (Å²) in [5, 5.41) is 0. The summed E-state index contributed by atoms with van der Waals surface area (Å²) in [6, 6.07) is 8.21. The standard InChI is InChI=1S/C11H11NO.C2H6/c1-8-4-3-5-10(6-8)11-7-13-9(2)12-11;1-2/h3-7H,1-2H3;1-2H3. The molecule has 0 aliphatic carbocycles. The first-order valence-corrected chi connectivity index (χ1v) is 5.25. The Kier molecular flexibility index (Phi) is 4.10. The van der Waals surface area contributed by atoms with Crippen LogP contribution in [0.25, 0.3) is 11.3 Å². The minimum Gasteiger partial charge on any atom is -0.449 e. The molecule has 0 aliphatic heterocycles. The summed E-state index contributed by atoms with van der Waals surface area (Å²) in [5.74, 6) is 0.705. The number of oxazole rings is 1. The minimum absolute atomic E-state index is 0.705. The molecule has 2 nitrogen and oxygen atoms in total. The van der Waals surface area contributed by atoms with Crippen LogP contribution in [0.15, 0.2) is 34.9 Å². The molecule has 0 bridgehead atoms. The van der Waals surface area contributed by atoms with Gasteiger partial charge in [0, 0.05) is 12.5 Å². The van der Waals surface area contributed by atoms with E-state index in [2.05, 4.69) is 24.0 Å². The van der Waals surface area contributed by atoms with E-state index in [4.69, 9.17) is 4.42 Å². The van der Waals surface area contributed by atoms with Crippen LogP contribution in [0.2, 0.25) is 0 Å². The van der Waals surface area contributed by atoms with Gasteiger partial charge in [0.15, 0.2) is 5.89 Å². The summed E-state index contributed by atoms with van der Waals surface area (Å²) >= 11 is 0. The van der Waals surface area contributed by atoms with Crippen molar-refractivity contribution in [3.8, 4) is 11.3 Å².